The van der Waals surface area contributed by atoms with Crippen molar-refractivity contribution in [2.75, 3.05) is 16.0 Å². The van der Waals surface area contributed by atoms with Gasteiger partial charge in [-0.15, -0.1) is 11.3 Å². The van der Waals surface area contributed by atoms with Gasteiger partial charge in [0.25, 0.3) is 0 Å². The molecule has 0 aliphatic rings. The number of amides is 2. The highest BCUT2D eigenvalue weighted by Crippen LogP contribution is 2.33. The number of hydrogen-bond donors (Lipinski definition) is 2. The zero-order chi connectivity index (χ0) is 22.1. The second kappa shape index (κ2) is 8.15. The Kier molecular flexibility index (Phi) is 5.79. The number of urea groups is 1. The largest absolute Gasteiger partial charge is 0.416 e. The van der Waals surface area contributed by atoms with Gasteiger partial charge in [0, 0.05) is 16.6 Å². The Labute approximate surface area is 174 Å². The number of carbonyl (C=O) groups is 1. The van der Waals surface area contributed by atoms with Crippen LogP contribution >= 0.6 is 11.3 Å². The van der Waals surface area contributed by atoms with Crippen molar-refractivity contribution in [1.82, 2.24) is 9.97 Å². The van der Waals surface area contributed by atoms with Crippen LogP contribution in [0, 0.1) is 13.8 Å². The van der Waals surface area contributed by atoms with E-state index in [4.69, 9.17) is 5.73 Å². The molecule has 3 aromatic rings. The third-order valence-electron chi connectivity index (χ3n) is 4.26. The molecule has 0 fully saturated rings. The van der Waals surface area contributed by atoms with Gasteiger partial charge in [0.1, 0.15) is 0 Å². The molecule has 2 amide bonds. The van der Waals surface area contributed by atoms with Crippen LogP contribution in [0.5, 0.6) is 0 Å². The molecule has 0 bridgehead atoms. The van der Waals surface area contributed by atoms with Crippen LogP contribution in [0.15, 0.2) is 49.2 Å². The van der Waals surface area contributed by atoms with E-state index in [-0.39, 0.29) is 22.8 Å². The van der Waals surface area contributed by atoms with Gasteiger partial charge in [0.15, 0.2) is 10.9 Å². The highest BCUT2D eigenvalue weighted by atomic mass is 32.1. The van der Waals surface area contributed by atoms with Gasteiger partial charge >= 0.3 is 12.2 Å². The zero-order valence-electron chi connectivity index (χ0n) is 16.1. The summed E-state index contributed by atoms with van der Waals surface area (Å²) >= 11 is 1.31. The van der Waals surface area contributed by atoms with Crippen molar-refractivity contribution in [3.8, 4) is 11.3 Å². The Morgan fingerprint density at radius 2 is 1.97 bits per heavy atom. The van der Waals surface area contributed by atoms with E-state index in [1.807, 2.05) is 13.8 Å². The fraction of sp³-hybridized carbons (Fsp3) is 0.150. The molecular formula is C20H18F3N5OS. The van der Waals surface area contributed by atoms with Gasteiger partial charge in [0.05, 0.1) is 22.6 Å². The fourth-order valence-electron chi connectivity index (χ4n) is 2.61. The molecule has 3 rings (SSSR count). The molecule has 0 saturated carbocycles. The second-order valence-corrected chi connectivity index (χ2v) is 7.53. The molecule has 0 atom stereocenters. The van der Waals surface area contributed by atoms with E-state index in [9.17, 15) is 18.0 Å². The zero-order valence-corrected chi connectivity index (χ0v) is 16.9. The lowest BCUT2D eigenvalue weighted by molar-refractivity contribution is -0.137. The first-order chi connectivity index (χ1) is 14.1. The number of hydrogen-bond acceptors (Lipinski definition) is 5. The molecule has 0 spiro atoms. The first kappa shape index (κ1) is 21.3. The summed E-state index contributed by atoms with van der Waals surface area (Å²) in [5, 5.41) is 3.05. The van der Waals surface area contributed by atoms with E-state index >= 15 is 0 Å². The summed E-state index contributed by atoms with van der Waals surface area (Å²) in [5.74, 6) is 0.0439. The highest BCUT2D eigenvalue weighted by Gasteiger charge is 2.30. The molecule has 0 unspecified atom stereocenters. The molecule has 1 aromatic carbocycles. The summed E-state index contributed by atoms with van der Waals surface area (Å²) in [7, 11) is 0. The van der Waals surface area contributed by atoms with Crippen molar-refractivity contribution >= 4 is 34.0 Å². The minimum Gasteiger partial charge on any atom is -0.396 e. The summed E-state index contributed by atoms with van der Waals surface area (Å²) in [5.41, 5.74) is 6.60. The monoisotopic (exact) mass is 433 g/mol. The Morgan fingerprint density at radius 1 is 1.23 bits per heavy atom. The maximum absolute atomic E-state index is 13.0. The number of rotatable bonds is 4. The van der Waals surface area contributed by atoms with Gasteiger partial charge in [-0.05, 0) is 38.1 Å². The number of nitrogens with two attached hydrogens (primary N) is 1. The summed E-state index contributed by atoms with van der Waals surface area (Å²) in [6.07, 6.45) is -3.26. The maximum atomic E-state index is 13.0. The number of carbonyl (C=O) groups excluding carboxylic acids is 1. The molecule has 2 heterocycles. The van der Waals surface area contributed by atoms with Gasteiger partial charge in [-0.3, -0.25) is 10.2 Å². The lowest BCUT2D eigenvalue weighted by atomic mass is 10.1. The van der Waals surface area contributed by atoms with Gasteiger partial charge in [0.2, 0.25) is 0 Å². The number of nitrogens with one attached hydrogen (secondary N) is 1. The third-order valence-corrected chi connectivity index (χ3v) is 5.25. The number of halogens is 3. The molecule has 0 aliphatic carbocycles. The van der Waals surface area contributed by atoms with Crippen LogP contribution in [-0.4, -0.2) is 16.0 Å². The van der Waals surface area contributed by atoms with Crippen LogP contribution in [0.25, 0.3) is 11.3 Å². The van der Waals surface area contributed by atoms with Gasteiger partial charge in [-0.2, -0.15) is 13.2 Å². The number of alkyl halides is 3. The molecule has 10 heteroatoms. The standard InChI is InChI=1S/C20H18F3N5OS/c1-4-28(19(29)27-18-25-11(2)12(3)30-18)17-15(24)8-9-16(26-17)13-6-5-7-14(10-13)20(21,22)23/h4-10H,1,24H2,2-3H3,(H,25,27,29). The SMILES string of the molecule is C=CN(C(=O)Nc1nc(C)c(C)s1)c1nc(-c2cccc(C(F)(F)F)c2)ccc1N. The predicted octanol–water partition coefficient (Wildman–Crippen LogP) is 5.60. The van der Waals surface area contributed by atoms with E-state index in [1.54, 1.807) is 0 Å². The number of aryl methyl sites for hydroxylation is 2. The number of aromatic nitrogens is 2. The third kappa shape index (κ3) is 4.43. The van der Waals surface area contributed by atoms with Crippen molar-refractivity contribution in [2.45, 2.75) is 20.0 Å². The van der Waals surface area contributed by atoms with E-state index in [2.05, 4.69) is 21.9 Å². The van der Waals surface area contributed by atoms with E-state index < -0.39 is 17.8 Å². The van der Waals surface area contributed by atoms with Gasteiger partial charge in [-0.1, -0.05) is 18.7 Å². The number of pyridine rings is 1. The van der Waals surface area contributed by atoms with Gasteiger partial charge in [-0.25, -0.2) is 14.8 Å². The van der Waals surface area contributed by atoms with Crippen LogP contribution < -0.4 is 16.0 Å². The van der Waals surface area contributed by atoms with Crippen LogP contribution in [-0.2, 0) is 6.18 Å². The van der Waals surface area contributed by atoms with E-state index in [0.29, 0.717) is 5.13 Å². The second-order valence-electron chi connectivity index (χ2n) is 6.33. The Hall–Kier alpha value is -3.40. The van der Waals surface area contributed by atoms with Gasteiger partial charge < -0.3 is 5.73 Å². The quantitative estimate of drug-likeness (QED) is 0.561. The molecule has 2 aromatic heterocycles. The molecule has 0 saturated heterocycles. The lowest BCUT2D eigenvalue weighted by Gasteiger charge is -2.19. The first-order valence-electron chi connectivity index (χ1n) is 8.71. The van der Waals surface area contributed by atoms with Crippen molar-refractivity contribution in [3.05, 3.63) is 65.3 Å². The average Bonchev–Trinajstić information content (AvgIpc) is 3.00. The average molecular weight is 433 g/mol. The number of nitrogens with zero attached hydrogens (tertiary/aromatic N) is 3. The van der Waals surface area contributed by atoms with Crippen LogP contribution in [0.4, 0.5) is 34.6 Å². The van der Waals surface area contributed by atoms with Crippen molar-refractivity contribution in [3.63, 3.8) is 0 Å². The molecular weight excluding hydrogens is 415 g/mol. The van der Waals surface area contributed by atoms with Crippen LogP contribution in [0.2, 0.25) is 0 Å². The Morgan fingerprint density at radius 3 is 2.57 bits per heavy atom. The summed E-state index contributed by atoms with van der Waals surface area (Å²) in [4.78, 5) is 23.3. The minimum atomic E-state index is -4.48. The molecule has 30 heavy (non-hydrogen) atoms. The van der Waals surface area contributed by atoms with E-state index in [1.165, 1.54) is 41.8 Å². The predicted molar refractivity (Wildman–Crippen MR) is 112 cm³/mol. The molecule has 3 N–H and O–H groups in total. The number of benzene rings is 1. The normalized spacial score (nSPS) is 11.2. The maximum Gasteiger partial charge on any atom is 0.416 e. The van der Waals surface area contributed by atoms with E-state index in [0.717, 1.165) is 27.6 Å². The number of anilines is 3. The first-order valence-corrected chi connectivity index (χ1v) is 9.52. The fourth-order valence-corrected chi connectivity index (χ4v) is 3.42. The summed E-state index contributed by atoms with van der Waals surface area (Å²) in [6.45, 7) is 7.32. The molecule has 0 radical (unpaired) electrons. The number of thiazole rings is 1. The Balaban J connectivity index is 1.95. The minimum absolute atomic E-state index is 0.0439. The summed E-state index contributed by atoms with van der Waals surface area (Å²) in [6, 6.07) is 7.11. The summed E-state index contributed by atoms with van der Waals surface area (Å²) < 4.78 is 39.1. The van der Waals surface area contributed by atoms with Crippen LogP contribution in [0.3, 0.4) is 0 Å². The van der Waals surface area contributed by atoms with Crippen molar-refractivity contribution in [1.29, 1.82) is 0 Å². The highest BCUT2D eigenvalue weighted by molar-refractivity contribution is 7.15. The molecule has 6 nitrogen and oxygen atoms in total. The van der Waals surface area contributed by atoms with Crippen molar-refractivity contribution in [2.24, 2.45) is 0 Å². The molecule has 156 valence electrons. The lowest BCUT2D eigenvalue weighted by Crippen LogP contribution is -2.31. The topological polar surface area (TPSA) is 84.1 Å². The smallest absolute Gasteiger partial charge is 0.396 e. The molecule has 0 aliphatic heterocycles. The Bertz CT molecular complexity index is 1090. The van der Waals surface area contributed by atoms with Crippen molar-refractivity contribution < 1.29 is 18.0 Å². The number of nitrogen functional groups attached to an aromatic ring is 1. The van der Waals surface area contributed by atoms with Crippen LogP contribution in [0.1, 0.15) is 16.1 Å².